The number of thiophene rings is 1. The van der Waals surface area contributed by atoms with Crippen LogP contribution in [-0.2, 0) is 12.8 Å². The zero-order chi connectivity index (χ0) is 20.5. The molecule has 0 unspecified atom stereocenters. The van der Waals surface area contributed by atoms with Gasteiger partial charge < -0.3 is 5.32 Å². The lowest BCUT2D eigenvalue weighted by molar-refractivity contribution is -0.384. The predicted octanol–water partition coefficient (Wildman–Crippen LogP) is 3.91. The molecule has 2 aromatic heterocycles. The highest BCUT2D eigenvalue weighted by molar-refractivity contribution is 7.98. The first-order valence-electron chi connectivity index (χ1n) is 8.91. The van der Waals surface area contributed by atoms with E-state index in [0.717, 1.165) is 36.1 Å². The van der Waals surface area contributed by atoms with Crippen LogP contribution < -0.4 is 16.3 Å². The number of thioether (sulfide) groups is 1. The van der Waals surface area contributed by atoms with Crippen LogP contribution >= 0.6 is 35.3 Å². The summed E-state index contributed by atoms with van der Waals surface area (Å²) in [5, 5.41) is 15.1. The van der Waals surface area contributed by atoms with Gasteiger partial charge in [0.15, 0.2) is 10.3 Å². The number of thiocarbonyl (C=S) groups is 1. The summed E-state index contributed by atoms with van der Waals surface area (Å²) in [7, 11) is 0. The second kappa shape index (κ2) is 8.09. The number of nitrogens with zero attached hydrogens (tertiary/aromatic N) is 3. The van der Waals surface area contributed by atoms with E-state index in [0.29, 0.717) is 16.2 Å². The van der Waals surface area contributed by atoms with Gasteiger partial charge in [0.2, 0.25) is 0 Å². The van der Waals surface area contributed by atoms with Crippen LogP contribution in [0.2, 0.25) is 0 Å². The number of nitro groups is 1. The Hall–Kier alpha value is -2.50. The first-order chi connectivity index (χ1) is 14.0. The molecule has 8 nitrogen and oxygen atoms in total. The maximum absolute atomic E-state index is 13.2. The van der Waals surface area contributed by atoms with Crippen LogP contribution in [0.3, 0.4) is 0 Å². The van der Waals surface area contributed by atoms with Gasteiger partial charge in [0, 0.05) is 22.7 Å². The van der Waals surface area contributed by atoms with Crippen molar-refractivity contribution >= 4 is 62.0 Å². The van der Waals surface area contributed by atoms with E-state index in [1.807, 2.05) is 6.26 Å². The summed E-state index contributed by atoms with van der Waals surface area (Å²) in [6.07, 6.45) is 5.93. The monoisotopic (exact) mass is 447 g/mol. The SMILES string of the molecule is CSc1nc2sc3c(c2c(=O)n1NC(=S)Nc1cccc([N+](=O)[O-])c1)CCCC3. The number of nitrogens with one attached hydrogen (secondary N) is 2. The molecule has 1 aliphatic rings. The number of non-ortho nitro benzene ring substituents is 1. The van der Waals surface area contributed by atoms with Crippen molar-refractivity contribution in [2.45, 2.75) is 30.8 Å². The molecule has 2 heterocycles. The molecule has 0 saturated carbocycles. The Kier molecular flexibility index (Phi) is 5.52. The van der Waals surface area contributed by atoms with Crippen molar-refractivity contribution < 1.29 is 4.92 Å². The van der Waals surface area contributed by atoms with E-state index in [9.17, 15) is 14.9 Å². The Morgan fingerprint density at radius 2 is 2.17 bits per heavy atom. The average Bonchev–Trinajstić information content (AvgIpc) is 3.08. The fourth-order valence-corrected chi connectivity index (χ4v) is 5.39. The number of aromatic nitrogens is 2. The van der Waals surface area contributed by atoms with E-state index in [-0.39, 0.29) is 16.4 Å². The lowest BCUT2D eigenvalue weighted by Gasteiger charge is -2.15. The van der Waals surface area contributed by atoms with Gasteiger partial charge in [-0.15, -0.1) is 11.3 Å². The third-order valence-electron chi connectivity index (χ3n) is 4.67. The maximum Gasteiger partial charge on any atom is 0.282 e. The molecule has 0 spiro atoms. The van der Waals surface area contributed by atoms with Gasteiger partial charge in [0.1, 0.15) is 4.83 Å². The Balaban J connectivity index is 1.67. The number of aryl methyl sites for hydroxylation is 2. The minimum atomic E-state index is -0.477. The Morgan fingerprint density at radius 3 is 2.93 bits per heavy atom. The summed E-state index contributed by atoms with van der Waals surface area (Å²) in [6.45, 7) is 0. The van der Waals surface area contributed by atoms with Crippen molar-refractivity contribution in [2.24, 2.45) is 0 Å². The summed E-state index contributed by atoms with van der Waals surface area (Å²) in [6, 6.07) is 6.00. The molecule has 0 atom stereocenters. The predicted molar refractivity (Wildman–Crippen MR) is 121 cm³/mol. The average molecular weight is 448 g/mol. The second-order valence-electron chi connectivity index (χ2n) is 6.50. The largest absolute Gasteiger partial charge is 0.331 e. The molecule has 150 valence electrons. The van der Waals surface area contributed by atoms with E-state index in [1.54, 1.807) is 23.5 Å². The summed E-state index contributed by atoms with van der Waals surface area (Å²) < 4.78 is 1.35. The van der Waals surface area contributed by atoms with Gasteiger partial charge in [0.25, 0.3) is 11.2 Å². The van der Waals surface area contributed by atoms with Crippen molar-refractivity contribution in [3.63, 3.8) is 0 Å². The molecule has 0 aliphatic heterocycles. The number of hydrogen-bond donors (Lipinski definition) is 2. The minimum Gasteiger partial charge on any atom is -0.331 e. The minimum absolute atomic E-state index is 0.0484. The number of rotatable bonds is 4. The number of fused-ring (bicyclic) bond motifs is 3. The van der Waals surface area contributed by atoms with E-state index in [1.165, 1.54) is 33.4 Å². The third-order valence-corrected chi connectivity index (χ3v) is 6.69. The van der Waals surface area contributed by atoms with Crippen LogP contribution in [0, 0.1) is 10.1 Å². The van der Waals surface area contributed by atoms with Crippen molar-refractivity contribution in [1.82, 2.24) is 9.66 Å². The van der Waals surface area contributed by atoms with Crippen molar-refractivity contribution in [3.05, 3.63) is 55.2 Å². The number of anilines is 1. The molecule has 0 fully saturated rings. The Labute approximate surface area is 179 Å². The number of hydrogen-bond acceptors (Lipinski definition) is 7. The third kappa shape index (κ3) is 3.85. The highest BCUT2D eigenvalue weighted by atomic mass is 32.2. The number of benzene rings is 1. The lowest BCUT2D eigenvalue weighted by atomic mass is 9.97. The molecule has 4 rings (SSSR count). The number of nitro benzene ring substituents is 1. The Bertz CT molecular complexity index is 1190. The zero-order valence-corrected chi connectivity index (χ0v) is 17.9. The van der Waals surface area contributed by atoms with Crippen LogP contribution in [-0.4, -0.2) is 26.0 Å². The van der Waals surface area contributed by atoms with E-state index < -0.39 is 4.92 Å². The van der Waals surface area contributed by atoms with Gasteiger partial charge in [-0.25, -0.2) is 4.98 Å². The first-order valence-corrected chi connectivity index (χ1v) is 11.4. The molecule has 0 bridgehead atoms. The normalized spacial score (nSPS) is 13.1. The molecule has 0 saturated heterocycles. The van der Waals surface area contributed by atoms with Crippen molar-refractivity contribution in [1.29, 1.82) is 0 Å². The van der Waals surface area contributed by atoms with Gasteiger partial charge in [-0.3, -0.25) is 20.3 Å². The zero-order valence-electron chi connectivity index (χ0n) is 15.4. The molecule has 0 amide bonds. The van der Waals surface area contributed by atoms with E-state index in [2.05, 4.69) is 15.7 Å². The molecule has 3 aromatic rings. The molecular formula is C18H17N5O3S3. The van der Waals surface area contributed by atoms with Crippen LogP contribution in [0.5, 0.6) is 0 Å². The summed E-state index contributed by atoms with van der Waals surface area (Å²) in [5.74, 6) is 0. The molecule has 1 aromatic carbocycles. The lowest BCUT2D eigenvalue weighted by Crippen LogP contribution is -2.37. The summed E-state index contributed by atoms with van der Waals surface area (Å²) in [5.41, 5.74) is 4.23. The topological polar surface area (TPSA) is 102 Å². The van der Waals surface area contributed by atoms with Crippen molar-refractivity contribution in [3.8, 4) is 0 Å². The second-order valence-corrected chi connectivity index (χ2v) is 8.77. The summed E-state index contributed by atoms with van der Waals surface area (Å²) in [4.78, 5) is 30.4. The highest BCUT2D eigenvalue weighted by Gasteiger charge is 2.22. The molecule has 1 aliphatic carbocycles. The smallest absolute Gasteiger partial charge is 0.282 e. The fraction of sp³-hybridized carbons (Fsp3) is 0.278. The maximum atomic E-state index is 13.2. The van der Waals surface area contributed by atoms with Gasteiger partial charge in [0.05, 0.1) is 10.3 Å². The molecule has 2 N–H and O–H groups in total. The van der Waals surface area contributed by atoms with Gasteiger partial charge in [-0.1, -0.05) is 17.8 Å². The fourth-order valence-electron chi connectivity index (χ4n) is 3.38. The molecule has 29 heavy (non-hydrogen) atoms. The van der Waals surface area contributed by atoms with E-state index >= 15 is 0 Å². The van der Waals surface area contributed by atoms with Gasteiger partial charge in [-0.2, -0.15) is 4.68 Å². The van der Waals surface area contributed by atoms with Gasteiger partial charge >= 0.3 is 0 Å². The van der Waals surface area contributed by atoms with Crippen LogP contribution in [0.25, 0.3) is 10.2 Å². The van der Waals surface area contributed by atoms with Crippen LogP contribution in [0.4, 0.5) is 11.4 Å². The molecular weight excluding hydrogens is 430 g/mol. The van der Waals surface area contributed by atoms with Crippen molar-refractivity contribution in [2.75, 3.05) is 17.0 Å². The molecule has 0 radical (unpaired) electrons. The molecule has 11 heteroatoms. The first kappa shape index (κ1) is 19.8. The van der Waals surface area contributed by atoms with Crippen LogP contribution in [0.1, 0.15) is 23.3 Å². The Morgan fingerprint density at radius 1 is 1.38 bits per heavy atom. The van der Waals surface area contributed by atoms with E-state index in [4.69, 9.17) is 12.2 Å². The van der Waals surface area contributed by atoms with Gasteiger partial charge in [-0.05, 0) is 55.8 Å². The van der Waals surface area contributed by atoms with Crippen LogP contribution in [0.15, 0.2) is 34.2 Å². The standard InChI is InChI=1S/C18H17N5O3S3/c1-28-18-20-15-14(12-7-2-3-8-13(12)29-15)16(24)22(18)21-17(27)19-10-5-4-6-11(9-10)23(25)26/h4-6,9H,2-3,7-8H2,1H3,(H2,19,21,27). The quantitative estimate of drug-likeness (QED) is 0.204. The summed E-state index contributed by atoms with van der Waals surface area (Å²) >= 11 is 8.28. The highest BCUT2D eigenvalue weighted by Crippen LogP contribution is 2.34.